The second-order valence-electron chi connectivity index (χ2n) is 6.33. The van der Waals surface area contributed by atoms with Crippen LogP contribution in [0, 0.1) is 0 Å². The van der Waals surface area contributed by atoms with Crippen molar-refractivity contribution in [2.45, 2.75) is 18.9 Å². The van der Waals surface area contributed by atoms with E-state index < -0.39 is 0 Å². The second-order valence-corrected chi connectivity index (χ2v) is 6.33. The molecule has 0 amide bonds. The van der Waals surface area contributed by atoms with Crippen LogP contribution < -0.4 is 15.2 Å². The molecule has 0 radical (unpaired) electrons. The van der Waals surface area contributed by atoms with Gasteiger partial charge in [0.25, 0.3) is 0 Å². The highest BCUT2D eigenvalue weighted by Crippen LogP contribution is 2.24. The zero-order valence-electron chi connectivity index (χ0n) is 15.1. The fourth-order valence-corrected chi connectivity index (χ4v) is 3.00. The molecule has 0 bridgehead atoms. The normalized spacial score (nSPS) is 11.8. The summed E-state index contributed by atoms with van der Waals surface area (Å²) < 4.78 is 11.2. The van der Waals surface area contributed by atoms with Crippen molar-refractivity contribution in [1.29, 1.82) is 0 Å². The van der Waals surface area contributed by atoms with E-state index in [0.717, 1.165) is 23.5 Å². The Morgan fingerprint density at radius 2 is 1.54 bits per heavy atom. The highest BCUT2D eigenvalue weighted by Gasteiger charge is 2.11. The van der Waals surface area contributed by atoms with Crippen molar-refractivity contribution in [3.63, 3.8) is 0 Å². The summed E-state index contributed by atoms with van der Waals surface area (Å²) in [5.41, 5.74) is 9.65. The van der Waals surface area contributed by atoms with Crippen LogP contribution in [-0.2, 0) is 13.0 Å². The Bertz CT molecular complexity index is 800. The van der Waals surface area contributed by atoms with E-state index in [1.807, 2.05) is 42.5 Å². The molecule has 0 aliphatic carbocycles. The van der Waals surface area contributed by atoms with E-state index >= 15 is 0 Å². The minimum absolute atomic E-state index is 0.269. The third-order valence-corrected chi connectivity index (χ3v) is 4.50. The SMILES string of the molecule is COc1ccc(C(CN)Cc2cccc(OCc3ccccc3)c2)cc1. The van der Waals surface area contributed by atoms with E-state index in [1.165, 1.54) is 11.1 Å². The molecule has 3 rings (SSSR count). The Kier molecular flexibility index (Phi) is 6.29. The van der Waals surface area contributed by atoms with Gasteiger partial charge in [-0.1, -0.05) is 54.6 Å². The number of ether oxygens (including phenoxy) is 2. The number of methoxy groups -OCH3 is 1. The van der Waals surface area contributed by atoms with Crippen molar-refractivity contribution in [3.8, 4) is 11.5 Å². The van der Waals surface area contributed by atoms with Gasteiger partial charge in [0.05, 0.1) is 7.11 Å². The Morgan fingerprint density at radius 1 is 0.808 bits per heavy atom. The van der Waals surface area contributed by atoms with Crippen LogP contribution in [0.15, 0.2) is 78.9 Å². The molecule has 134 valence electrons. The second kappa shape index (κ2) is 9.07. The number of nitrogens with two attached hydrogens (primary N) is 1. The van der Waals surface area contributed by atoms with E-state index in [9.17, 15) is 0 Å². The first-order valence-electron chi connectivity index (χ1n) is 8.88. The van der Waals surface area contributed by atoms with Gasteiger partial charge in [-0.2, -0.15) is 0 Å². The van der Waals surface area contributed by atoms with Gasteiger partial charge in [-0.15, -0.1) is 0 Å². The zero-order chi connectivity index (χ0) is 18.2. The molecule has 0 heterocycles. The van der Waals surface area contributed by atoms with Crippen molar-refractivity contribution >= 4 is 0 Å². The number of hydrogen-bond donors (Lipinski definition) is 1. The highest BCUT2D eigenvalue weighted by atomic mass is 16.5. The smallest absolute Gasteiger partial charge is 0.120 e. The molecule has 26 heavy (non-hydrogen) atoms. The minimum atomic E-state index is 0.269. The van der Waals surface area contributed by atoms with Gasteiger partial charge in [0.1, 0.15) is 18.1 Å². The van der Waals surface area contributed by atoms with Crippen LogP contribution in [0.25, 0.3) is 0 Å². The van der Waals surface area contributed by atoms with E-state index in [0.29, 0.717) is 13.2 Å². The largest absolute Gasteiger partial charge is 0.497 e. The van der Waals surface area contributed by atoms with Crippen LogP contribution in [0.5, 0.6) is 11.5 Å². The summed E-state index contributed by atoms with van der Waals surface area (Å²) in [7, 11) is 1.68. The molecular formula is C23H25NO2. The standard InChI is InChI=1S/C23H25NO2/c1-25-22-12-10-20(11-13-22)21(16-24)14-19-8-5-9-23(15-19)26-17-18-6-3-2-4-7-18/h2-13,15,21H,14,16-17,24H2,1H3. The van der Waals surface area contributed by atoms with Crippen molar-refractivity contribution < 1.29 is 9.47 Å². The summed E-state index contributed by atoms with van der Waals surface area (Å²) in [5, 5.41) is 0. The summed E-state index contributed by atoms with van der Waals surface area (Å²) in [6.45, 7) is 1.17. The molecule has 0 saturated heterocycles. The van der Waals surface area contributed by atoms with E-state index in [2.05, 4.69) is 36.4 Å². The minimum Gasteiger partial charge on any atom is -0.497 e. The van der Waals surface area contributed by atoms with Crippen LogP contribution in [-0.4, -0.2) is 13.7 Å². The van der Waals surface area contributed by atoms with Crippen molar-refractivity contribution in [2.75, 3.05) is 13.7 Å². The van der Waals surface area contributed by atoms with Gasteiger partial charge < -0.3 is 15.2 Å². The first-order chi connectivity index (χ1) is 12.8. The first kappa shape index (κ1) is 18.0. The zero-order valence-corrected chi connectivity index (χ0v) is 15.1. The molecule has 1 unspecified atom stereocenters. The van der Waals surface area contributed by atoms with Gasteiger partial charge >= 0.3 is 0 Å². The van der Waals surface area contributed by atoms with Crippen LogP contribution in [0.3, 0.4) is 0 Å². The molecule has 0 aliphatic rings. The van der Waals surface area contributed by atoms with Gasteiger partial charge in [0.15, 0.2) is 0 Å². The van der Waals surface area contributed by atoms with Gasteiger partial charge in [-0.25, -0.2) is 0 Å². The summed E-state index contributed by atoms with van der Waals surface area (Å²) in [6, 6.07) is 26.6. The lowest BCUT2D eigenvalue weighted by Crippen LogP contribution is -2.15. The van der Waals surface area contributed by atoms with Gasteiger partial charge in [0.2, 0.25) is 0 Å². The Hall–Kier alpha value is -2.78. The van der Waals surface area contributed by atoms with Crippen LogP contribution >= 0.6 is 0 Å². The summed E-state index contributed by atoms with van der Waals surface area (Å²) in [6.07, 6.45) is 0.880. The molecule has 0 fully saturated rings. The van der Waals surface area contributed by atoms with Crippen LogP contribution in [0.1, 0.15) is 22.6 Å². The molecule has 3 aromatic carbocycles. The molecule has 1 atom stereocenters. The monoisotopic (exact) mass is 347 g/mol. The molecule has 0 saturated carbocycles. The molecule has 3 aromatic rings. The lowest BCUT2D eigenvalue weighted by molar-refractivity contribution is 0.306. The van der Waals surface area contributed by atoms with Gasteiger partial charge in [-0.3, -0.25) is 0 Å². The highest BCUT2D eigenvalue weighted by molar-refractivity contribution is 5.33. The molecule has 3 nitrogen and oxygen atoms in total. The average Bonchev–Trinajstić information content (AvgIpc) is 2.72. The van der Waals surface area contributed by atoms with Crippen molar-refractivity contribution in [3.05, 3.63) is 95.6 Å². The van der Waals surface area contributed by atoms with E-state index in [4.69, 9.17) is 15.2 Å². The fourth-order valence-electron chi connectivity index (χ4n) is 3.00. The molecular weight excluding hydrogens is 322 g/mol. The number of hydrogen-bond acceptors (Lipinski definition) is 3. The number of rotatable bonds is 8. The molecule has 2 N–H and O–H groups in total. The Balaban J connectivity index is 1.66. The molecule has 0 aromatic heterocycles. The fraction of sp³-hybridized carbons (Fsp3) is 0.217. The lowest BCUT2D eigenvalue weighted by atomic mass is 9.92. The van der Waals surface area contributed by atoms with Gasteiger partial charge in [0, 0.05) is 5.92 Å². The van der Waals surface area contributed by atoms with E-state index in [1.54, 1.807) is 7.11 Å². The molecule has 0 aliphatic heterocycles. The van der Waals surface area contributed by atoms with E-state index in [-0.39, 0.29) is 5.92 Å². The lowest BCUT2D eigenvalue weighted by Gasteiger charge is -2.16. The third-order valence-electron chi connectivity index (χ3n) is 4.50. The third kappa shape index (κ3) is 4.87. The summed E-state index contributed by atoms with van der Waals surface area (Å²) in [4.78, 5) is 0. The topological polar surface area (TPSA) is 44.5 Å². The molecule has 0 spiro atoms. The molecule has 3 heteroatoms. The maximum Gasteiger partial charge on any atom is 0.120 e. The Morgan fingerprint density at radius 3 is 2.23 bits per heavy atom. The summed E-state index contributed by atoms with van der Waals surface area (Å²) in [5.74, 6) is 2.02. The average molecular weight is 347 g/mol. The summed E-state index contributed by atoms with van der Waals surface area (Å²) >= 11 is 0. The maximum atomic E-state index is 6.03. The Labute approximate surface area is 155 Å². The van der Waals surface area contributed by atoms with Crippen molar-refractivity contribution in [2.24, 2.45) is 5.73 Å². The number of benzene rings is 3. The van der Waals surface area contributed by atoms with Crippen molar-refractivity contribution in [1.82, 2.24) is 0 Å². The quantitative estimate of drug-likeness (QED) is 0.650. The van der Waals surface area contributed by atoms with Crippen LogP contribution in [0.2, 0.25) is 0 Å². The van der Waals surface area contributed by atoms with Crippen LogP contribution in [0.4, 0.5) is 0 Å². The first-order valence-corrected chi connectivity index (χ1v) is 8.88. The predicted octanol–water partition coefficient (Wildman–Crippen LogP) is 4.56. The van der Waals surface area contributed by atoms with Gasteiger partial charge in [-0.05, 0) is 53.9 Å². The maximum absolute atomic E-state index is 6.03. The predicted molar refractivity (Wildman–Crippen MR) is 106 cm³/mol.